The van der Waals surface area contributed by atoms with Crippen LogP contribution in [0.5, 0.6) is 12.0 Å². The highest BCUT2D eigenvalue weighted by Gasteiger charge is 2.53. The van der Waals surface area contributed by atoms with Crippen molar-refractivity contribution in [2.24, 2.45) is 0 Å². The van der Waals surface area contributed by atoms with Gasteiger partial charge in [-0.2, -0.15) is 19.9 Å². The zero-order valence-corrected chi connectivity index (χ0v) is 48.7. The molecule has 0 bridgehead atoms. The van der Waals surface area contributed by atoms with Crippen molar-refractivity contribution in [3.05, 3.63) is 81.2 Å². The van der Waals surface area contributed by atoms with E-state index < -0.39 is 46.4 Å². The molecule has 19 heteroatoms. The van der Waals surface area contributed by atoms with Gasteiger partial charge in [0.1, 0.15) is 42.8 Å². The van der Waals surface area contributed by atoms with Crippen LogP contribution < -0.4 is 29.9 Å². The number of hydrogen-bond donors (Lipinski definition) is 2. The van der Waals surface area contributed by atoms with E-state index in [1.807, 2.05) is 52.8 Å². The quantitative estimate of drug-likeness (QED) is 0.144. The first-order valence-corrected chi connectivity index (χ1v) is 30.6. The maximum atomic E-state index is 15.2. The summed E-state index contributed by atoms with van der Waals surface area (Å²) in [6.07, 6.45) is 9.58. The number of β-amino-alcohol motifs (C(OH)–C–C–N with tert-alkyl or cyclic N) is 1. The Morgan fingerprint density at radius 2 is 1.23 bits per heavy atom. The number of benzene rings is 2. The molecule has 0 radical (unpaired) electrons. The Labute approximate surface area is 480 Å². The lowest BCUT2D eigenvalue weighted by Gasteiger charge is -2.44. The first-order valence-electron chi connectivity index (χ1n) is 30.6. The highest BCUT2D eigenvalue weighted by atomic mass is 19.1. The van der Waals surface area contributed by atoms with Crippen LogP contribution in [0.25, 0.3) is 0 Å². The molecule has 2 aliphatic carbocycles. The van der Waals surface area contributed by atoms with E-state index in [9.17, 15) is 13.9 Å². The number of nitrogen functional groups attached to an aromatic ring is 1. The van der Waals surface area contributed by atoms with Gasteiger partial charge >= 0.3 is 18.1 Å². The van der Waals surface area contributed by atoms with Gasteiger partial charge in [0, 0.05) is 86.4 Å². The van der Waals surface area contributed by atoms with Crippen LogP contribution in [0.4, 0.5) is 36.6 Å². The molecule has 10 heterocycles. The summed E-state index contributed by atoms with van der Waals surface area (Å²) in [5.74, 6) is 1.44. The van der Waals surface area contributed by atoms with Crippen molar-refractivity contribution in [1.82, 2.24) is 29.7 Å². The largest absolute Gasteiger partial charge is 0.461 e. The maximum Gasteiger partial charge on any atom is 0.415 e. The molecule has 82 heavy (non-hydrogen) atoms. The molecule has 17 nitrogen and oxygen atoms in total. The molecule has 3 N–H and O–H groups in total. The van der Waals surface area contributed by atoms with E-state index in [-0.39, 0.29) is 29.7 Å². The molecule has 2 aromatic carbocycles. The molecule has 2 aromatic heterocycles. The van der Waals surface area contributed by atoms with Gasteiger partial charge < -0.3 is 44.3 Å². The van der Waals surface area contributed by atoms with E-state index in [4.69, 9.17) is 49.4 Å². The molecule has 2 unspecified atom stereocenters. The predicted octanol–water partition coefficient (Wildman–Crippen LogP) is 8.74. The van der Waals surface area contributed by atoms with Crippen LogP contribution in [-0.2, 0) is 64.3 Å². The van der Waals surface area contributed by atoms with Crippen LogP contribution in [0.2, 0.25) is 0 Å². The van der Waals surface area contributed by atoms with E-state index in [1.165, 1.54) is 5.56 Å². The van der Waals surface area contributed by atoms with Gasteiger partial charge in [-0.15, -0.1) is 0 Å². The Bertz CT molecular complexity index is 3180. The first kappa shape index (κ1) is 54.5. The molecule has 440 valence electrons. The monoisotopic (exact) mass is 1130 g/mol. The zero-order valence-electron chi connectivity index (χ0n) is 48.7. The van der Waals surface area contributed by atoms with Crippen molar-refractivity contribution in [3.8, 4) is 12.0 Å². The predicted molar refractivity (Wildman–Crippen MR) is 306 cm³/mol. The van der Waals surface area contributed by atoms with Crippen LogP contribution in [0.1, 0.15) is 156 Å². The van der Waals surface area contributed by atoms with Gasteiger partial charge in [-0.25, -0.2) is 13.6 Å². The number of alkyl halides is 2. The molecular weight excluding hydrogens is 1050 g/mol. The lowest BCUT2D eigenvalue weighted by molar-refractivity contribution is -0.0732. The average Bonchev–Trinajstić information content (AvgIpc) is 3.65. The second-order valence-corrected chi connectivity index (χ2v) is 27.8. The van der Waals surface area contributed by atoms with E-state index in [1.54, 1.807) is 4.90 Å². The van der Waals surface area contributed by atoms with Crippen LogP contribution in [0, 0.1) is 0 Å². The Kier molecular flexibility index (Phi) is 13.2. The minimum atomic E-state index is -0.909. The van der Waals surface area contributed by atoms with E-state index in [2.05, 4.69) is 37.8 Å². The summed E-state index contributed by atoms with van der Waals surface area (Å²) in [6, 6.07) is 13.0. The van der Waals surface area contributed by atoms with Crippen LogP contribution in [0.3, 0.4) is 0 Å². The Morgan fingerprint density at radius 1 is 0.707 bits per heavy atom. The summed E-state index contributed by atoms with van der Waals surface area (Å²) in [7, 11) is 0. The normalized spacial score (nSPS) is 33.1. The SMILES string of the molecule is CC(C)(C)N(C(=O)O[C@]1(C)CCCN(c2nc(OC[C@@]34CCCN3C[C@H](F)C4)nc3c2COC2(CCc4ccc(N)cc42)C3)C1)c1ccc2c(c1)C1(CC2)Cc2nc(OC[C@@]34CCCN3C[C@H](F)C4)nc(N3CCC[C@@](C)(O)C3)c2CO1. The molecule has 6 fully saturated rings. The summed E-state index contributed by atoms with van der Waals surface area (Å²) in [5.41, 5.74) is 11.3. The second-order valence-electron chi connectivity index (χ2n) is 27.8. The first-order chi connectivity index (χ1) is 39.2. The van der Waals surface area contributed by atoms with Gasteiger partial charge in [0.25, 0.3) is 0 Å². The third-order valence-electron chi connectivity index (χ3n) is 20.6. The number of carbonyl (C=O) groups is 1. The minimum Gasteiger partial charge on any atom is -0.461 e. The van der Waals surface area contributed by atoms with Gasteiger partial charge in [-0.1, -0.05) is 12.1 Å². The molecule has 8 aliphatic heterocycles. The van der Waals surface area contributed by atoms with Crippen molar-refractivity contribution < 1.29 is 42.4 Å². The zero-order chi connectivity index (χ0) is 56.6. The van der Waals surface area contributed by atoms with E-state index in [0.717, 1.165) is 129 Å². The highest BCUT2D eigenvalue weighted by Crippen LogP contribution is 2.51. The lowest BCUT2D eigenvalue weighted by atomic mass is 9.86. The topological polar surface area (TPSA) is 177 Å². The number of aryl methyl sites for hydroxylation is 2. The fourth-order valence-corrected chi connectivity index (χ4v) is 16.7. The molecule has 8 atom stereocenters. The van der Waals surface area contributed by atoms with Gasteiger partial charge in [0.15, 0.2) is 0 Å². The number of hydrogen-bond acceptors (Lipinski definition) is 16. The number of nitrogens with two attached hydrogens (primary N) is 1. The van der Waals surface area contributed by atoms with Gasteiger partial charge in [0.2, 0.25) is 0 Å². The standard InChI is InChI=1S/C63H82F2N10O7/c1-57(2,3)75(45-13-11-41-15-21-63(49(41)27-45)31-51-46(34-81-63)52(71-22-6-16-58(4,77)36-71)69-54(68-51)78-38-60-18-8-24-73(60)32-42(64)28-60)56(76)82-59(5)17-7-23-72(37-59)53-47-35-80-62(20-14-40-10-12-44(66)26-48(40)62)30-50(47)67-55(70-53)79-39-61-19-9-25-74(61)33-43(65)29-61/h10-13,26-27,42-43,77H,6-9,14-25,28-39,66H2,1-5H3/t42-,43-,58-,59-,60+,61+,62?,63?/m1/s1. The Balaban J connectivity index is 0.737. The summed E-state index contributed by atoms with van der Waals surface area (Å²) >= 11 is 0. The minimum absolute atomic E-state index is 0.270. The number of amides is 1. The third kappa shape index (κ3) is 9.54. The van der Waals surface area contributed by atoms with Gasteiger partial charge in [0.05, 0.1) is 59.0 Å². The van der Waals surface area contributed by atoms with Crippen LogP contribution in [-0.4, -0.2) is 147 Å². The Hall–Kier alpha value is -5.47. The number of halogens is 2. The van der Waals surface area contributed by atoms with Gasteiger partial charge in [-0.3, -0.25) is 14.7 Å². The Morgan fingerprint density at radius 3 is 1.79 bits per heavy atom. The maximum absolute atomic E-state index is 15.2. The molecule has 1 amide bonds. The number of aromatic nitrogens is 4. The number of fused-ring (bicyclic) bond motifs is 8. The summed E-state index contributed by atoms with van der Waals surface area (Å²) in [4.78, 5) is 46.4. The number of nitrogens with zero attached hydrogens (tertiary/aromatic N) is 9. The van der Waals surface area contributed by atoms with E-state index in [0.29, 0.717) is 108 Å². The third-order valence-corrected chi connectivity index (χ3v) is 20.6. The lowest BCUT2D eigenvalue weighted by Crippen LogP contribution is -2.54. The number of piperidine rings is 2. The fourth-order valence-electron chi connectivity index (χ4n) is 16.7. The summed E-state index contributed by atoms with van der Waals surface area (Å²) in [5, 5.41) is 11.3. The highest BCUT2D eigenvalue weighted by molar-refractivity contribution is 5.90. The number of rotatable bonds is 10. The van der Waals surface area contributed by atoms with E-state index >= 15 is 4.79 Å². The smallest absolute Gasteiger partial charge is 0.415 e. The number of ether oxygens (including phenoxy) is 5. The molecule has 14 rings (SSSR count). The van der Waals surface area contributed by atoms with Crippen molar-refractivity contribution in [1.29, 1.82) is 0 Å². The second kappa shape index (κ2) is 19.8. The van der Waals surface area contributed by atoms with Crippen molar-refractivity contribution in [2.45, 2.75) is 202 Å². The molecule has 4 aromatic rings. The van der Waals surface area contributed by atoms with Crippen LogP contribution in [0.15, 0.2) is 36.4 Å². The number of aliphatic hydroxyl groups is 1. The van der Waals surface area contributed by atoms with Crippen molar-refractivity contribution in [2.75, 3.05) is 86.0 Å². The molecule has 0 saturated carbocycles. The number of anilines is 4. The number of carbonyl (C=O) groups excluding carboxylic acids is 1. The fraction of sp³-hybridized carbons (Fsp3) is 0.667. The summed E-state index contributed by atoms with van der Waals surface area (Å²) < 4.78 is 63.9. The molecule has 10 aliphatic rings. The molecular formula is C63H82F2N10O7. The summed E-state index contributed by atoms with van der Waals surface area (Å²) in [6.45, 7) is 16.0. The molecule has 2 spiro atoms. The van der Waals surface area contributed by atoms with Crippen molar-refractivity contribution in [3.63, 3.8) is 0 Å². The van der Waals surface area contributed by atoms with Crippen LogP contribution >= 0.6 is 0 Å². The van der Waals surface area contributed by atoms with Crippen molar-refractivity contribution >= 4 is 29.1 Å². The van der Waals surface area contributed by atoms with Gasteiger partial charge in [-0.05, 0) is 171 Å². The average molecular weight is 1130 g/mol. The molecule has 6 saturated heterocycles.